The number of carbonyl (C=O) groups excluding carboxylic acids is 2. The molecule has 21 nitrogen and oxygen atoms in total. The van der Waals surface area contributed by atoms with E-state index in [1.54, 1.807) is 19.6 Å². The molecule has 0 radical (unpaired) electrons. The first-order valence-corrected chi connectivity index (χ1v) is 25.7. The number of nitrogens with one attached hydrogen (secondary N) is 1. The van der Waals surface area contributed by atoms with Gasteiger partial charge in [-0.1, -0.05) is 42.4 Å². The number of halogens is 1. The lowest BCUT2D eigenvalue weighted by atomic mass is 10.0. The Bertz CT molecular complexity index is 2440. The standard InChI is InChI=1S/C51H69ClN12O9/c1-2-45(66)64-29-28-63(30-38(64)13-15-53)50-40-14-19-62(43-12-6-9-37-8-5-11-41(52)49(37)43)31-42(40)55-51(56-50)73-36-39-10-7-18-61(39)17-4-3-16-54-44(65)32-57-20-22-58(33-46(67)68)24-26-60(35-48(71)72)27-25-59(23-21-57)34-47(69)70/h2,5-6,8-9,11-12,38-39H,1,3-4,7,10,13-14,16-36H2,(H,54,65)(H,67,68)(H,69,70)(H,71,72)/t38-,39-/m0/s1. The van der Waals surface area contributed by atoms with E-state index in [0.29, 0.717) is 110 Å². The van der Waals surface area contributed by atoms with Gasteiger partial charge in [-0.05, 0) is 68.8 Å². The van der Waals surface area contributed by atoms with Gasteiger partial charge in [0, 0.05) is 108 Å². The van der Waals surface area contributed by atoms with Crippen LogP contribution in [-0.4, -0.2) is 227 Å². The number of unbranched alkanes of at least 4 members (excludes halogenated alkanes) is 1. The van der Waals surface area contributed by atoms with Gasteiger partial charge in [0.2, 0.25) is 11.8 Å². The molecule has 22 heteroatoms. The summed E-state index contributed by atoms with van der Waals surface area (Å²) >= 11 is 6.79. The van der Waals surface area contributed by atoms with Crippen molar-refractivity contribution >= 4 is 63.6 Å². The monoisotopic (exact) mass is 1030 g/mol. The molecule has 1 aromatic heterocycles. The Hall–Kier alpha value is -6.15. The molecule has 0 bridgehead atoms. The first kappa shape index (κ1) is 54.6. The maximum absolute atomic E-state index is 13.3. The Labute approximate surface area is 431 Å². The summed E-state index contributed by atoms with van der Waals surface area (Å²) in [5.41, 5.74) is 2.91. The van der Waals surface area contributed by atoms with Gasteiger partial charge in [-0.15, -0.1) is 0 Å². The lowest BCUT2D eigenvalue weighted by Gasteiger charge is -2.42. The maximum atomic E-state index is 13.3. The summed E-state index contributed by atoms with van der Waals surface area (Å²) in [5.74, 6) is -2.64. The highest BCUT2D eigenvalue weighted by Gasteiger charge is 2.34. The number of aliphatic carboxylic acids is 3. The van der Waals surface area contributed by atoms with Crippen LogP contribution >= 0.6 is 11.6 Å². The molecule has 7 rings (SSSR count). The van der Waals surface area contributed by atoms with Gasteiger partial charge >= 0.3 is 23.9 Å². The molecule has 4 aliphatic rings. The second-order valence-corrected chi connectivity index (χ2v) is 19.6. The van der Waals surface area contributed by atoms with Crippen molar-refractivity contribution in [1.29, 1.82) is 5.26 Å². The molecule has 3 aromatic rings. The molecule has 3 saturated heterocycles. The summed E-state index contributed by atoms with van der Waals surface area (Å²) in [7, 11) is 0. The van der Waals surface area contributed by atoms with Crippen molar-refractivity contribution in [3.8, 4) is 12.1 Å². The van der Waals surface area contributed by atoms with Gasteiger partial charge < -0.3 is 40.1 Å². The fourth-order valence-electron chi connectivity index (χ4n) is 10.5. The van der Waals surface area contributed by atoms with Crippen LogP contribution in [-0.2, 0) is 36.9 Å². The van der Waals surface area contributed by atoms with Crippen molar-refractivity contribution in [3.05, 3.63) is 65.3 Å². The fourth-order valence-corrected chi connectivity index (χ4v) is 10.7. The number of hydrogen-bond acceptors (Lipinski definition) is 16. The molecular weight excluding hydrogens is 960 g/mol. The summed E-state index contributed by atoms with van der Waals surface area (Å²) in [5, 5.41) is 44.1. The van der Waals surface area contributed by atoms with E-state index in [1.165, 1.54) is 6.08 Å². The lowest BCUT2D eigenvalue weighted by molar-refractivity contribution is -0.140. The summed E-state index contributed by atoms with van der Waals surface area (Å²) in [4.78, 5) is 86.8. The van der Waals surface area contributed by atoms with E-state index < -0.39 is 17.9 Å². The van der Waals surface area contributed by atoms with Gasteiger partial charge in [0.1, 0.15) is 12.4 Å². The van der Waals surface area contributed by atoms with Crippen LogP contribution < -0.4 is 19.9 Å². The number of nitriles is 1. The van der Waals surface area contributed by atoms with Crippen molar-refractivity contribution in [3.63, 3.8) is 0 Å². The van der Waals surface area contributed by atoms with Gasteiger partial charge in [0.15, 0.2) is 0 Å². The summed E-state index contributed by atoms with van der Waals surface area (Å²) < 4.78 is 6.53. The Morgan fingerprint density at radius 2 is 1.41 bits per heavy atom. The number of piperazine rings is 1. The number of likely N-dealkylation sites (tertiary alicyclic amines) is 1. The zero-order valence-corrected chi connectivity index (χ0v) is 42.3. The third-order valence-corrected chi connectivity index (χ3v) is 14.5. The molecular formula is C51H69ClN12O9. The predicted molar refractivity (Wildman–Crippen MR) is 275 cm³/mol. The molecule has 4 N–H and O–H groups in total. The van der Waals surface area contributed by atoms with E-state index in [-0.39, 0.29) is 62.5 Å². The van der Waals surface area contributed by atoms with Crippen LogP contribution in [0.3, 0.4) is 0 Å². The molecule has 3 fully saturated rings. The average molecular weight is 1030 g/mol. The van der Waals surface area contributed by atoms with Crippen LogP contribution in [0.15, 0.2) is 49.1 Å². The minimum absolute atomic E-state index is 0.0617. The highest BCUT2D eigenvalue weighted by molar-refractivity contribution is 6.36. The SMILES string of the molecule is C=CC(=O)N1CCN(c2nc(OC[C@@H]3CCCN3CCCCNC(=O)CN3CCN(CC(=O)O)CCN(CC(=O)O)CCN(CC(=O)O)CC3)nc3c2CCN(c2cccc4cccc(Cl)c24)C3)C[C@@H]1CC#N. The first-order valence-electron chi connectivity index (χ1n) is 25.3. The number of carboxylic acids is 3. The predicted octanol–water partition coefficient (Wildman–Crippen LogP) is 2.18. The molecule has 73 heavy (non-hydrogen) atoms. The number of fused-ring (bicyclic) bond motifs is 2. The highest BCUT2D eigenvalue weighted by Crippen LogP contribution is 2.37. The Morgan fingerprint density at radius 3 is 2.03 bits per heavy atom. The summed E-state index contributed by atoms with van der Waals surface area (Å²) in [6, 6.07) is 14.5. The average Bonchev–Trinajstić information content (AvgIpc) is 3.82. The number of ether oxygens (including phenoxy) is 1. The van der Waals surface area contributed by atoms with Crippen LogP contribution in [0.5, 0.6) is 6.01 Å². The third kappa shape index (κ3) is 15.4. The number of hydrogen-bond donors (Lipinski definition) is 4. The summed E-state index contributed by atoms with van der Waals surface area (Å²) in [6.45, 7) is 10.9. The van der Waals surface area contributed by atoms with E-state index in [4.69, 9.17) is 26.3 Å². The van der Waals surface area contributed by atoms with Crippen LogP contribution in [0, 0.1) is 11.3 Å². The van der Waals surface area contributed by atoms with Gasteiger partial charge in [-0.2, -0.15) is 15.2 Å². The number of nitrogens with zero attached hydrogens (tertiary/aromatic N) is 11. The van der Waals surface area contributed by atoms with E-state index in [9.17, 15) is 44.6 Å². The van der Waals surface area contributed by atoms with Crippen LogP contribution in [0.2, 0.25) is 5.02 Å². The molecule has 0 saturated carbocycles. The summed E-state index contributed by atoms with van der Waals surface area (Å²) in [6.07, 6.45) is 5.70. The van der Waals surface area contributed by atoms with E-state index in [1.807, 2.05) is 23.1 Å². The normalized spacial score (nSPS) is 20.1. The number of benzene rings is 2. The van der Waals surface area contributed by atoms with E-state index >= 15 is 0 Å². The van der Waals surface area contributed by atoms with Crippen LogP contribution in [0.4, 0.5) is 11.5 Å². The first-order chi connectivity index (χ1) is 35.3. The second kappa shape index (κ2) is 26.7. The largest absolute Gasteiger partial charge is 0.480 e. The molecule has 0 aliphatic carbocycles. The molecule has 2 atom stereocenters. The van der Waals surface area contributed by atoms with Crippen molar-refractivity contribution in [2.24, 2.45) is 0 Å². The van der Waals surface area contributed by atoms with Gasteiger partial charge in [-0.3, -0.25) is 48.5 Å². The molecule has 0 spiro atoms. The van der Waals surface area contributed by atoms with Gasteiger partial charge in [0.05, 0.1) is 62.0 Å². The molecule has 4 aliphatic heterocycles. The smallest absolute Gasteiger partial charge is 0.318 e. The number of amides is 2. The minimum Gasteiger partial charge on any atom is -0.480 e. The molecule has 2 amide bonds. The molecule has 0 unspecified atom stereocenters. The lowest BCUT2D eigenvalue weighted by Crippen LogP contribution is -2.55. The zero-order valence-electron chi connectivity index (χ0n) is 41.6. The number of carboxylic acid groups (broad SMARTS) is 3. The third-order valence-electron chi connectivity index (χ3n) is 14.2. The maximum Gasteiger partial charge on any atom is 0.318 e. The highest BCUT2D eigenvalue weighted by atomic mass is 35.5. The fraction of sp³-hybridized carbons (Fsp3) is 0.569. The molecule has 5 heterocycles. The van der Waals surface area contributed by atoms with Crippen LogP contribution in [0.1, 0.15) is 43.4 Å². The second-order valence-electron chi connectivity index (χ2n) is 19.2. The van der Waals surface area contributed by atoms with Crippen molar-refractivity contribution in [2.75, 3.05) is 141 Å². The number of carbonyl (C=O) groups is 5. The van der Waals surface area contributed by atoms with Gasteiger partial charge in [-0.25, -0.2) is 0 Å². The van der Waals surface area contributed by atoms with E-state index in [2.05, 4.69) is 50.9 Å². The van der Waals surface area contributed by atoms with Crippen molar-refractivity contribution < 1.29 is 44.0 Å². The number of anilines is 2. The molecule has 2 aromatic carbocycles. The zero-order chi connectivity index (χ0) is 51.9. The number of rotatable bonds is 20. The minimum atomic E-state index is -1.02. The van der Waals surface area contributed by atoms with Crippen molar-refractivity contribution in [2.45, 2.75) is 57.2 Å². The Morgan fingerprint density at radius 1 is 0.781 bits per heavy atom. The van der Waals surface area contributed by atoms with Crippen molar-refractivity contribution in [1.82, 2.24) is 44.7 Å². The Balaban J connectivity index is 0.954. The Kier molecular flexibility index (Phi) is 20.0. The topological polar surface area (TPSA) is 243 Å². The quantitative estimate of drug-likeness (QED) is 0.0937. The number of aromatic nitrogens is 2. The van der Waals surface area contributed by atoms with Crippen LogP contribution in [0.25, 0.3) is 10.8 Å². The van der Waals surface area contributed by atoms with Gasteiger partial charge in [0.25, 0.3) is 0 Å². The van der Waals surface area contributed by atoms with E-state index in [0.717, 1.165) is 72.3 Å². The molecule has 394 valence electrons.